The van der Waals surface area contributed by atoms with Gasteiger partial charge in [0.15, 0.2) is 11.6 Å². The van der Waals surface area contributed by atoms with Gasteiger partial charge in [0, 0.05) is 6.04 Å². The minimum Gasteiger partial charge on any atom is -0.315 e. The Balaban J connectivity index is 2.24. The fourth-order valence-electron chi connectivity index (χ4n) is 1.54. The van der Waals surface area contributed by atoms with Crippen molar-refractivity contribution in [2.24, 2.45) is 0 Å². The maximum absolute atomic E-state index is 12.9. The second-order valence-electron chi connectivity index (χ2n) is 4.31. The number of aryl methyl sites for hydroxylation is 1. The fourth-order valence-corrected chi connectivity index (χ4v) is 1.54. The maximum atomic E-state index is 12.9. The fraction of sp³-hybridized carbons (Fsp3) is 0.538. The first kappa shape index (κ1) is 13.1. The summed E-state index contributed by atoms with van der Waals surface area (Å²) >= 11 is 0. The van der Waals surface area contributed by atoms with E-state index in [9.17, 15) is 8.78 Å². The summed E-state index contributed by atoms with van der Waals surface area (Å²) in [5.74, 6) is -1.52. The molecule has 0 spiro atoms. The average Bonchev–Trinajstić information content (AvgIpc) is 2.22. The van der Waals surface area contributed by atoms with Crippen LogP contribution in [0, 0.1) is 11.6 Å². The quantitative estimate of drug-likeness (QED) is 0.735. The minimum absolute atomic E-state index is 0.503. The largest absolute Gasteiger partial charge is 0.315 e. The van der Waals surface area contributed by atoms with Crippen LogP contribution in [0.4, 0.5) is 8.78 Å². The van der Waals surface area contributed by atoms with Crippen molar-refractivity contribution in [3.63, 3.8) is 0 Å². The molecule has 3 heteroatoms. The normalized spacial score (nSPS) is 11.1. The Hall–Kier alpha value is -0.960. The Kier molecular flexibility index (Phi) is 5.39. The van der Waals surface area contributed by atoms with Gasteiger partial charge in [0.2, 0.25) is 0 Å². The molecule has 0 aliphatic carbocycles. The van der Waals surface area contributed by atoms with Crippen molar-refractivity contribution in [1.82, 2.24) is 5.32 Å². The molecule has 0 bridgehead atoms. The number of benzene rings is 1. The third kappa shape index (κ3) is 4.71. The van der Waals surface area contributed by atoms with Gasteiger partial charge in [0.1, 0.15) is 0 Å². The number of halogens is 2. The van der Waals surface area contributed by atoms with E-state index in [0.29, 0.717) is 6.04 Å². The molecule has 0 aliphatic rings. The van der Waals surface area contributed by atoms with Gasteiger partial charge in [-0.2, -0.15) is 0 Å². The lowest BCUT2D eigenvalue weighted by atomic mass is 10.1. The lowest BCUT2D eigenvalue weighted by Crippen LogP contribution is -2.23. The van der Waals surface area contributed by atoms with Gasteiger partial charge in [0.25, 0.3) is 0 Å². The highest BCUT2D eigenvalue weighted by Crippen LogP contribution is 2.10. The summed E-state index contributed by atoms with van der Waals surface area (Å²) in [4.78, 5) is 0. The smallest absolute Gasteiger partial charge is 0.159 e. The number of hydrogen-bond acceptors (Lipinski definition) is 1. The Morgan fingerprint density at radius 3 is 2.50 bits per heavy atom. The third-order valence-electron chi connectivity index (χ3n) is 2.43. The van der Waals surface area contributed by atoms with Crippen molar-refractivity contribution in [1.29, 1.82) is 0 Å². The lowest BCUT2D eigenvalue weighted by molar-refractivity contribution is 0.506. The highest BCUT2D eigenvalue weighted by molar-refractivity contribution is 5.17. The molecule has 0 aromatic heterocycles. The zero-order valence-electron chi connectivity index (χ0n) is 9.89. The van der Waals surface area contributed by atoms with Gasteiger partial charge in [0.05, 0.1) is 0 Å². The van der Waals surface area contributed by atoms with E-state index in [1.165, 1.54) is 12.1 Å². The molecular formula is C13H19F2N. The van der Waals surface area contributed by atoms with E-state index >= 15 is 0 Å². The maximum Gasteiger partial charge on any atom is 0.159 e. The molecule has 0 saturated heterocycles. The second-order valence-corrected chi connectivity index (χ2v) is 4.31. The Morgan fingerprint density at radius 2 is 1.88 bits per heavy atom. The molecule has 90 valence electrons. The predicted octanol–water partition coefficient (Wildman–Crippen LogP) is 3.29. The molecule has 0 heterocycles. The van der Waals surface area contributed by atoms with Crippen molar-refractivity contribution in [2.45, 2.75) is 39.2 Å². The van der Waals surface area contributed by atoms with E-state index in [2.05, 4.69) is 19.2 Å². The van der Waals surface area contributed by atoms with E-state index in [4.69, 9.17) is 0 Å². The first-order valence-electron chi connectivity index (χ1n) is 5.77. The molecule has 0 atom stereocenters. The topological polar surface area (TPSA) is 12.0 Å². The van der Waals surface area contributed by atoms with E-state index in [1.807, 2.05) is 0 Å². The van der Waals surface area contributed by atoms with E-state index in [1.54, 1.807) is 6.07 Å². The Bertz CT molecular complexity index is 324. The van der Waals surface area contributed by atoms with Gasteiger partial charge in [-0.1, -0.05) is 19.9 Å². The van der Waals surface area contributed by atoms with Crippen LogP contribution in [0.15, 0.2) is 18.2 Å². The first-order chi connectivity index (χ1) is 7.59. The molecule has 0 aliphatic heterocycles. The number of rotatable bonds is 6. The minimum atomic E-state index is -0.773. The van der Waals surface area contributed by atoms with E-state index in [0.717, 1.165) is 31.4 Å². The van der Waals surface area contributed by atoms with Crippen LogP contribution < -0.4 is 5.32 Å². The summed E-state index contributed by atoms with van der Waals surface area (Å²) in [6.07, 6.45) is 2.85. The van der Waals surface area contributed by atoms with Crippen LogP contribution in [0.3, 0.4) is 0 Å². The molecule has 1 nitrogen and oxygen atoms in total. The summed E-state index contributed by atoms with van der Waals surface area (Å²) in [6, 6.07) is 4.62. The molecular weight excluding hydrogens is 208 g/mol. The van der Waals surface area contributed by atoms with Crippen LogP contribution in [-0.2, 0) is 6.42 Å². The summed E-state index contributed by atoms with van der Waals surface area (Å²) < 4.78 is 25.5. The standard InChI is InChI=1S/C13H19F2N/c1-10(2)16-8-4-3-5-11-6-7-12(14)13(15)9-11/h6-7,9-10,16H,3-5,8H2,1-2H3. The molecule has 0 amide bonds. The highest BCUT2D eigenvalue weighted by Gasteiger charge is 2.02. The van der Waals surface area contributed by atoms with Crippen molar-refractivity contribution in [3.8, 4) is 0 Å². The van der Waals surface area contributed by atoms with Gasteiger partial charge in [-0.15, -0.1) is 0 Å². The van der Waals surface area contributed by atoms with Gasteiger partial charge >= 0.3 is 0 Å². The van der Waals surface area contributed by atoms with Crippen LogP contribution in [-0.4, -0.2) is 12.6 Å². The SMILES string of the molecule is CC(C)NCCCCc1ccc(F)c(F)c1. The highest BCUT2D eigenvalue weighted by atomic mass is 19.2. The van der Waals surface area contributed by atoms with Gasteiger partial charge in [-0.3, -0.25) is 0 Å². The summed E-state index contributed by atoms with van der Waals surface area (Å²) in [6.45, 7) is 5.19. The number of hydrogen-bond donors (Lipinski definition) is 1. The van der Waals surface area contributed by atoms with Crippen molar-refractivity contribution < 1.29 is 8.78 Å². The van der Waals surface area contributed by atoms with Crippen LogP contribution in [0.1, 0.15) is 32.3 Å². The summed E-state index contributed by atoms with van der Waals surface area (Å²) in [7, 11) is 0. The van der Waals surface area contributed by atoms with Crippen LogP contribution in [0.5, 0.6) is 0 Å². The Morgan fingerprint density at radius 1 is 1.12 bits per heavy atom. The molecule has 0 saturated carbocycles. The molecule has 0 radical (unpaired) electrons. The zero-order valence-corrected chi connectivity index (χ0v) is 9.89. The van der Waals surface area contributed by atoms with Crippen LogP contribution in [0.2, 0.25) is 0 Å². The van der Waals surface area contributed by atoms with Crippen LogP contribution in [0.25, 0.3) is 0 Å². The molecule has 1 N–H and O–H groups in total. The molecule has 1 aromatic carbocycles. The monoisotopic (exact) mass is 227 g/mol. The zero-order chi connectivity index (χ0) is 12.0. The van der Waals surface area contributed by atoms with E-state index in [-0.39, 0.29) is 0 Å². The van der Waals surface area contributed by atoms with Gasteiger partial charge < -0.3 is 5.32 Å². The third-order valence-corrected chi connectivity index (χ3v) is 2.43. The Labute approximate surface area is 95.9 Å². The van der Waals surface area contributed by atoms with Crippen LogP contribution >= 0.6 is 0 Å². The van der Waals surface area contributed by atoms with Crippen molar-refractivity contribution in [2.75, 3.05) is 6.54 Å². The number of nitrogens with one attached hydrogen (secondary N) is 1. The first-order valence-corrected chi connectivity index (χ1v) is 5.77. The average molecular weight is 227 g/mol. The van der Waals surface area contributed by atoms with Gasteiger partial charge in [-0.05, 0) is 43.5 Å². The van der Waals surface area contributed by atoms with Crippen molar-refractivity contribution >= 4 is 0 Å². The molecule has 1 aromatic rings. The summed E-state index contributed by atoms with van der Waals surface area (Å²) in [5.41, 5.74) is 0.864. The van der Waals surface area contributed by atoms with Gasteiger partial charge in [-0.25, -0.2) is 8.78 Å². The molecule has 1 rings (SSSR count). The lowest BCUT2D eigenvalue weighted by Gasteiger charge is -2.07. The predicted molar refractivity (Wildman–Crippen MR) is 62.4 cm³/mol. The molecule has 0 fully saturated rings. The second kappa shape index (κ2) is 6.59. The number of unbranched alkanes of at least 4 members (excludes halogenated alkanes) is 1. The molecule has 16 heavy (non-hydrogen) atoms. The molecule has 0 unspecified atom stereocenters. The summed E-state index contributed by atoms with van der Waals surface area (Å²) in [5, 5.41) is 3.32. The van der Waals surface area contributed by atoms with E-state index < -0.39 is 11.6 Å². The van der Waals surface area contributed by atoms with Crippen molar-refractivity contribution in [3.05, 3.63) is 35.4 Å².